The van der Waals surface area contributed by atoms with E-state index in [-0.39, 0.29) is 0 Å². The van der Waals surface area contributed by atoms with Gasteiger partial charge in [-0.3, -0.25) is 0 Å². The highest BCUT2D eigenvalue weighted by atomic mass is 16.5. The molecule has 1 aliphatic rings. The quantitative estimate of drug-likeness (QED) is 0.667. The molecule has 2 aromatic carbocycles. The van der Waals surface area contributed by atoms with Gasteiger partial charge >= 0.3 is 0 Å². The second kappa shape index (κ2) is 7.92. The van der Waals surface area contributed by atoms with Crippen LogP contribution in [0.25, 0.3) is 10.9 Å². The number of hydrogen-bond acceptors (Lipinski definition) is 6. The number of ether oxygens (including phenoxy) is 3. The summed E-state index contributed by atoms with van der Waals surface area (Å²) >= 11 is 0. The van der Waals surface area contributed by atoms with E-state index in [0.29, 0.717) is 17.4 Å². The molecule has 2 heterocycles. The van der Waals surface area contributed by atoms with Crippen molar-refractivity contribution in [2.45, 2.75) is 18.8 Å². The van der Waals surface area contributed by atoms with Crippen LogP contribution in [-0.2, 0) is 0 Å². The molecule has 0 aliphatic carbocycles. The zero-order valence-corrected chi connectivity index (χ0v) is 16.5. The highest BCUT2D eigenvalue weighted by Crippen LogP contribution is 2.37. The van der Waals surface area contributed by atoms with Gasteiger partial charge in [0.25, 0.3) is 0 Å². The van der Waals surface area contributed by atoms with Crippen LogP contribution in [0.4, 0.5) is 5.82 Å². The van der Waals surface area contributed by atoms with Crippen LogP contribution in [0.15, 0.2) is 42.7 Å². The fourth-order valence-electron chi connectivity index (χ4n) is 3.96. The molecule has 0 N–H and O–H groups in total. The molecule has 1 aliphatic heterocycles. The molecule has 6 nitrogen and oxygen atoms in total. The van der Waals surface area contributed by atoms with Gasteiger partial charge in [0.15, 0.2) is 11.5 Å². The molecule has 146 valence electrons. The minimum atomic E-state index is 0.439. The Bertz CT molecular complexity index is 976. The average Bonchev–Trinajstić information content (AvgIpc) is 2.77. The van der Waals surface area contributed by atoms with E-state index in [9.17, 15) is 0 Å². The Labute approximate surface area is 165 Å². The molecule has 0 bridgehead atoms. The Hall–Kier alpha value is -3.02. The smallest absolute Gasteiger partial charge is 0.162 e. The maximum absolute atomic E-state index is 5.49. The lowest BCUT2D eigenvalue weighted by Gasteiger charge is -2.34. The third-order valence-corrected chi connectivity index (χ3v) is 5.41. The minimum absolute atomic E-state index is 0.439. The lowest BCUT2D eigenvalue weighted by Crippen LogP contribution is -2.35. The van der Waals surface area contributed by atoms with Crippen LogP contribution < -0.4 is 19.1 Å². The van der Waals surface area contributed by atoms with Crippen molar-refractivity contribution in [2.24, 2.45) is 0 Å². The number of hydrogen-bond donors (Lipinski definition) is 0. The Morgan fingerprint density at radius 3 is 2.57 bits per heavy atom. The van der Waals surface area contributed by atoms with Crippen LogP contribution in [-0.4, -0.2) is 44.4 Å². The van der Waals surface area contributed by atoms with Crippen molar-refractivity contribution in [3.8, 4) is 17.2 Å². The van der Waals surface area contributed by atoms with E-state index in [1.165, 1.54) is 5.56 Å². The van der Waals surface area contributed by atoms with Gasteiger partial charge in [0.05, 0.1) is 26.8 Å². The summed E-state index contributed by atoms with van der Waals surface area (Å²) in [6.07, 6.45) is 3.89. The Morgan fingerprint density at radius 2 is 1.79 bits per heavy atom. The number of benzene rings is 2. The van der Waals surface area contributed by atoms with Crippen LogP contribution in [0.2, 0.25) is 0 Å². The first kappa shape index (κ1) is 18.3. The summed E-state index contributed by atoms with van der Waals surface area (Å²) in [5.74, 6) is 3.64. The zero-order chi connectivity index (χ0) is 19.5. The van der Waals surface area contributed by atoms with Crippen LogP contribution in [0.1, 0.15) is 24.3 Å². The molecule has 4 rings (SSSR count). The van der Waals surface area contributed by atoms with Gasteiger partial charge in [-0.05, 0) is 36.6 Å². The van der Waals surface area contributed by atoms with Gasteiger partial charge in [-0.1, -0.05) is 12.1 Å². The van der Waals surface area contributed by atoms with Gasteiger partial charge in [-0.15, -0.1) is 0 Å². The Kier molecular flexibility index (Phi) is 5.19. The van der Waals surface area contributed by atoms with Crippen molar-refractivity contribution in [2.75, 3.05) is 39.3 Å². The largest absolute Gasteiger partial charge is 0.497 e. The topological polar surface area (TPSA) is 56.7 Å². The van der Waals surface area contributed by atoms with Crippen LogP contribution in [0, 0.1) is 0 Å². The number of piperidine rings is 1. The molecule has 1 fully saturated rings. The van der Waals surface area contributed by atoms with Gasteiger partial charge in [0, 0.05) is 30.5 Å². The molecule has 0 saturated carbocycles. The van der Waals surface area contributed by atoms with Crippen molar-refractivity contribution in [3.63, 3.8) is 0 Å². The summed E-state index contributed by atoms with van der Waals surface area (Å²) in [4.78, 5) is 11.4. The van der Waals surface area contributed by atoms with E-state index in [1.807, 2.05) is 18.2 Å². The summed E-state index contributed by atoms with van der Waals surface area (Å²) in [5.41, 5.74) is 2.16. The predicted molar refractivity (Wildman–Crippen MR) is 110 cm³/mol. The molecule has 0 amide bonds. The zero-order valence-electron chi connectivity index (χ0n) is 16.5. The summed E-state index contributed by atoms with van der Waals surface area (Å²) in [6.45, 7) is 1.88. The number of nitrogens with zero attached hydrogens (tertiary/aromatic N) is 3. The van der Waals surface area contributed by atoms with E-state index < -0.39 is 0 Å². The standard InChI is InChI=1S/C22H25N3O3/c1-26-17-8-4-6-15(10-17)16-7-5-9-25(13-16)22-18-11-20(27-2)21(28-3)12-19(18)23-14-24-22/h4,6,8,10-12,14,16H,5,7,9,13H2,1-3H3. The van der Waals surface area contributed by atoms with E-state index in [2.05, 4.69) is 33.1 Å². The van der Waals surface area contributed by atoms with Crippen molar-refractivity contribution >= 4 is 16.7 Å². The molecule has 1 atom stereocenters. The first-order valence-electron chi connectivity index (χ1n) is 9.49. The van der Waals surface area contributed by atoms with E-state index in [1.54, 1.807) is 27.7 Å². The number of fused-ring (bicyclic) bond motifs is 1. The fourth-order valence-corrected chi connectivity index (χ4v) is 3.96. The highest BCUT2D eigenvalue weighted by Gasteiger charge is 2.24. The van der Waals surface area contributed by atoms with E-state index >= 15 is 0 Å². The molecular formula is C22H25N3O3. The highest BCUT2D eigenvalue weighted by molar-refractivity contribution is 5.92. The summed E-state index contributed by atoms with van der Waals surface area (Å²) < 4.78 is 16.3. The number of methoxy groups -OCH3 is 3. The van der Waals surface area contributed by atoms with Gasteiger partial charge in [0.1, 0.15) is 17.9 Å². The number of anilines is 1. The summed E-state index contributed by atoms with van der Waals surface area (Å²) in [7, 11) is 4.99. The van der Waals surface area contributed by atoms with Crippen LogP contribution >= 0.6 is 0 Å². The van der Waals surface area contributed by atoms with Crippen LogP contribution in [0.5, 0.6) is 17.2 Å². The van der Waals surface area contributed by atoms with E-state index in [4.69, 9.17) is 14.2 Å². The van der Waals surface area contributed by atoms with Crippen LogP contribution in [0.3, 0.4) is 0 Å². The fraction of sp³-hybridized carbons (Fsp3) is 0.364. The maximum Gasteiger partial charge on any atom is 0.162 e. The molecule has 0 radical (unpaired) electrons. The molecular weight excluding hydrogens is 354 g/mol. The average molecular weight is 379 g/mol. The minimum Gasteiger partial charge on any atom is -0.497 e. The second-order valence-electron chi connectivity index (χ2n) is 6.98. The van der Waals surface area contributed by atoms with Crippen molar-refractivity contribution in [3.05, 3.63) is 48.3 Å². The second-order valence-corrected chi connectivity index (χ2v) is 6.98. The Balaban J connectivity index is 1.69. The Morgan fingerprint density at radius 1 is 0.964 bits per heavy atom. The molecule has 0 spiro atoms. The number of aromatic nitrogens is 2. The van der Waals surface area contributed by atoms with Gasteiger partial charge in [-0.2, -0.15) is 0 Å². The normalized spacial score (nSPS) is 16.8. The molecule has 3 aromatic rings. The van der Waals surface area contributed by atoms with Gasteiger partial charge in [-0.25, -0.2) is 9.97 Å². The lowest BCUT2D eigenvalue weighted by atomic mass is 9.90. The number of rotatable bonds is 5. The molecule has 1 saturated heterocycles. The predicted octanol–water partition coefficient (Wildman–Crippen LogP) is 4.04. The van der Waals surface area contributed by atoms with Crippen molar-refractivity contribution in [1.29, 1.82) is 0 Å². The molecule has 6 heteroatoms. The van der Waals surface area contributed by atoms with Gasteiger partial charge in [0.2, 0.25) is 0 Å². The monoisotopic (exact) mass is 379 g/mol. The first-order chi connectivity index (χ1) is 13.7. The summed E-state index contributed by atoms with van der Waals surface area (Å²) in [5, 5.41) is 0.978. The molecule has 1 aromatic heterocycles. The summed E-state index contributed by atoms with van der Waals surface area (Å²) in [6, 6.07) is 12.2. The molecule has 1 unspecified atom stereocenters. The lowest BCUT2D eigenvalue weighted by molar-refractivity contribution is 0.355. The maximum atomic E-state index is 5.49. The SMILES string of the molecule is COc1cccc(C2CCCN(c3ncnc4cc(OC)c(OC)cc34)C2)c1. The van der Waals surface area contributed by atoms with Crippen molar-refractivity contribution in [1.82, 2.24) is 9.97 Å². The molecule has 28 heavy (non-hydrogen) atoms. The third kappa shape index (κ3) is 3.42. The van der Waals surface area contributed by atoms with Crippen molar-refractivity contribution < 1.29 is 14.2 Å². The van der Waals surface area contributed by atoms with Gasteiger partial charge < -0.3 is 19.1 Å². The first-order valence-corrected chi connectivity index (χ1v) is 9.49. The third-order valence-electron chi connectivity index (χ3n) is 5.41. The van der Waals surface area contributed by atoms with E-state index in [0.717, 1.165) is 48.4 Å².